The molecule has 1 aliphatic heterocycles. The van der Waals surface area contributed by atoms with Gasteiger partial charge in [0.05, 0.1) is 12.2 Å². The van der Waals surface area contributed by atoms with Gasteiger partial charge in [-0.15, -0.1) is 12.6 Å². The van der Waals surface area contributed by atoms with Crippen LogP contribution >= 0.6 is 12.6 Å². The van der Waals surface area contributed by atoms with Crippen LogP contribution in [0.2, 0.25) is 0 Å². The van der Waals surface area contributed by atoms with Crippen molar-refractivity contribution in [3.8, 4) is 0 Å². The van der Waals surface area contributed by atoms with Crippen LogP contribution in [-0.4, -0.2) is 36.1 Å². The number of nitrogens with zero attached hydrogens (tertiary/aromatic N) is 1. The summed E-state index contributed by atoms with van der Waals surface area (Å²) in [6, 6.07) is 7.30. The standard InChI is InChI=1S/C13H17NO2S/c1-9-7-14(8-10(2)16-9)13(15)11-3-5-12(17)6-4-11/h3-6,9-10,17H,7-8H2,1-2H3. The highest BCUT2D eigenvalue weighted by Crippen LogP contribution is 2.15. The third-order valence-electron chi connectivity index (χ3n) is 2.82. The molecule has 1 aromatic carbocycles. The molecule has 1 aromatic rings. The molecule has 0 N–H and O–H groups in total. The van der Waals surface area contributed by atoms with Crippen molar-refractivity contribution < 1.29 is 9.53 Å². The van der Waals surface area contributed by atoms with Gasteiger partial charge in [0.1, 0.15) is 0 Å². The number of thiol groups is 1. The van der Waals surface area contributed by atoms with Crippen LogP contribution in [0.25, 0.3) is 0 Å². The van der Waals surface area contributed by atoms with E-state index in [1.54, 1.807) is 0 Å². The number of carbonyl (C=O) groups excluding carboxylic acids is 1. The number of morpholine rings is 1. The fourth-order valence-corrected chi connectivity index (χ4v) is 2.28. The van der Waals surface area contributed by atoms with Gasteiger partial charge in [-0.1, -0.05) is 0 Å². The fraction of sp³-hybridized carbons (Fsp3) is 0.462. The Morgan fingerprint density at radius 3 is 2.29 bits per heavy atom. The average Bonchev–Trinajstić information content (AvgIpc) is 2.28. The largest absolute Gasteiger partial charge is 0.372 e. The molecular weight excluding hydrogens is 234 g/mol. The SMILES string of the molecule is CC1CN(C(=O)c2ccc(S)cc2)CC(C)O1. The van der Waals surface area contributed by atoms with Crippen molar-refractivity contribution >= 4 is 18.5 Å². The second kappa shape index (κ2) is 5.10. The molecule has 0 aliphatic carbocycles. The van der Waals surface area contributed by atoms with E-state index in [1.165, 1.54) is 0 Å². The van der Waals surface area contributed by atoms with Gasteiger partial charge in [-0.3, -0.25) is 4.79 Å². The van der Waals surface area contributed by atoms with Crippen LogP contribution in [0.5, 0.6) is 0 Å². The van der Waals surface area contributed by atoms with E-state index in [-0.39, 0.29) is 18.1 Å². The molecule has 0 radical (unpaired) electrons. The Bertz CT molecular complexity index is 394. The molecule has 17 heavy (non-hydrogen) atoms. The van der Waals surface area contributed by atoms with Gasteiger partial charge in [0.15, 0.2) is 0 Å². The Morgan fingerprint density at radius 2 is 1.76 bits per heavy atom. The van der Waals surface area contributed by atoms with Gasteiger partial charge in [-0.05, 0) is 38.1 Å². The molecule has 2 rings (SSSR count). The number of benzene rings is 1. The van der Waals surface area contributed by atoms with Crippen molar-refractivity contribution in [3.05, 3.63) is 29.8 Å². The van der Waals surface area contributed by atoms with E-state index in [2.05, 4.69) is 12.6 Å². The van der Waals surface area contributed by atoms with Crippen molar-refractivity contribution in [1.82, 2.24) is 4.90 Å². The Balaban J connectivity index is 2.11. The van der Waals surface area contributed by atoms with E-state index >= 15 is 0 Å². The van der Waals surface area contributed by atoms with Gasteiger partial charge in [-0.2, -0.15) is 0 Å². The minimum atomic E-state index is 0.0698. The quantitative estimate of drug-likeness (QED) is 0.776. The van der Waals surface area contributed by atoms with Crippen molar-refractivity contribution in [2.24, 2.45) is 0 Å². The van der Waals surface area contributed by atoms with E-state index < -0.39 is 0 Å². The van der Waals surface area contributed by atoms with Gasteiger partial charge in [-0.25, -0.2) is 0 Å². The van der Waals surface area contributed by atoms with Gasteiger partial charge in [0.2, 0.25) is 0 Å². The van der Waals surface area contributed by atoms with Gasteiger partial charge in [0, 0.05) is 23.5 Å². The Kier molecular flexibility index (Phi) is 3.74. The van der Waals surface area contributed by atoms with E-state index in [0.29, 0.717) is 18.7 Å². The van der Waals surface area contributed by atoms with Crippen LogP contribution in [-0.2, 0) is 4.74 Å². The molecule has 1 amide bonds. The van der Waals surface area contributed by atoms with Crippen LogP contribution < -0.4 is 0 Å². The summed E-state index contributed by atoms with van der Waals surface area (Å²) in [4.78, 5) is 15.0. The molecule has 0 aromatic heterocycles. The summed E-state index contributed by atoms with van der Waals surface area (Å²) in [6.07, 6.45) is 0.207. The molecule has 0 spiro atoms. The summed E-state index contributed by atoms with van der Waals surface area (Å²) in [7, 11) is 0. The fourth-order valence-electron chi connectivity index (χ4n) is 2.13. The van der Waals surface area contributed by atoms with Crippen LogP contribution in [0, 0.1) is 0 Å². The van der Waals surface area contributed by atoms with Crippen molar-refractivity contribution in [2.75, 3.05) is 13.1 Å². The summed E-state index contributed by atoms with van der Waals surface area (Å²) in [6.45, 7) is 5.30. The third-order valence-corrected chi connectivity index (χ3v) is 3.12. The summed E-state index contributed by atoms with van der Waals surface area (Å²) in [5.74, 6) is 0.0698. The van der Waals surface area contributed by atoms with E-state index in [1.807, 2.05) is 43.0 Å². The second-order valence-electron chi connectivity index (χ2n) is 4.51. The molecule has 2 atom stereocenters. The summed E-state index contributed by atoms with van der Waals surface area (Å²) in [5, 5.41) is 0. The molecule has 1 aliphatic rings. The maximum atomic E-state index is 12.2. The number of hydrogen-bond acceptors (Lipinski definition) is 3. The van der Waals surface area contributed by atoms with Gasteiger partial charge in [0.25, 0.3) is 5.91 Å². The number of carbonyl (C=O) groups is 1. The maximum absolute atomic E-state index is 12.2. The van der Waals surface area contributed by atoms with Gasteiger partial charge < -0.3 is 9.64 Å². The first-order valence-corrected chi connectivity index (χ1v) is 6.24. The van der Waals surface area contributed by atoms with Gasteiger partial charge >= 0.3 is 0 Å². The molecule has 4 heteroatoms. The first-order chi connectivity index (χ1) is 8.06. The lowest BCUT2D eigenvalue weighted by Crippen LogP contribution is -2.48. The zero-order chi connectivity index (χ0) is 12.4. The zero-order valence-electron chi connectivity index (χ0n) is 10.1. The van der Waals surface area contributed by atoms with Crippen LogP contribution in [0.3, 0.4) is 0 Å². The smallest absolute Gasteiger partial charge is 0.254 e. The van der Waals surface area contributed by atoms with E-state index in [0.717, 1.165) is 4.90 Å². The van der Waals surface area contributed by atoms with Crippen molar-refractivity contribution in [2.45, 2.75) is 31.0 Å². The lowest BCUT2D eigenvalue weighted by Gasteiger charge is -2.35. The average molecular weight is 251 g/mol. The second-order valence-corrected chi connectivity index (χ2v) is 5.03. The third kappa shape index (κ3) is 3.01. The zero-order valence-corrected chi connectivity index (χ0v) is 11.0. The Morgan fingerprint density at radius 1 is 1.24 bits per heavy atom. The van der Waals surface area contributed by atoms with Crippen molar-refractivity contribution in [3.63, 3.8) is 0 Å². The Hall–Kier alpha value is -1.00. The first kappa shape index (κ1) is 12.5. The summed E-state index contributed by atoms with van der Waals surface area (Å²) >= 11 is 4.21. The summed E-state index contributed by atoms with van der Waals surface area (Å²) in [5.41, 5.74) is 0.712. The minimum absolute atomic E-state index is 0.0698. The molecule has 3 nitrogen and oxygen atoms in total. The normalized spacial score (nSPS) is 24.8. The highest BCUT2D eigenvalue weighted by atomic mass is 32.1. The van der Waals surface area contributed by atoms with E-state index in [4.69, 9.17) is 4.74 Å². The molecule has 0 saturated carbocycles. The number of amides is 1. The minimum Gasteiger partial charge on any atom is -0.372 e. The highest BCUT2D eigenvalue weighted by molar-refractivity contribution is 7.80. The molecule has 1 heterocycles. The molecule has 92 valence electrons. The monoisotopic (exact) mass is 251 g/mol. The number of hydrogen-bond donors (Lipinski definition) is 1. The molecule has 2 unspecified atom stereocenters. The number of rotatable bonds is 1. The topological polar surface area (TPSA) is 29.5 Å². The van der Waals surface area contributed by atoms with Crippen LogP contribution in [0.15, 0.2) is 29.2 Å². The number of ether oxygens (including phenoxy) is 1. The predicted molar refractivity (Wildman–Crippen MR) is 69.6 cm³/mol. The van der Waals surface area contributed by atoms with Crippen LogP contribution in [0.1, 0.15) is 24.2 Å². The summed E-state index contributed by atoms with van der Waals surface area (Å²) < 4.78 is 5.62. The maximum Gasteiger partial charge on any atom is 0.254 e. The molecule has 0 bridgehead atoms. The Labute approximate surface area is 107 Å². The van der Waals surface area contributed by atoms with Crippen LogP contribution in [0.4, 0.5) is 0 Å². The lowest BCUT2D eigenvalue weighted by atomic mass is 10.1. The van der Waals surface area contributed by atoms with E-state index in [9.17, 15) is 4.79 Å². The molecule has 1 saturated heterocycles. The first-order valence-electron chi connectivity index (χ1n) is 5.80. The molecule has 1 fully saturated rings. The molecular formula is C13H17NO2S. The highest BCUT2D eigenvalue weighted by Gasteiger charge is 2.26. The van der Waals surface area contributed by atoms with Crippen molar-refractivity contribution in [1.29, 1.82) is 0 Å². The predicted octanol–water partition coefficient (Wildman–Crippen LogP) is 2.22. The lowest BCUT2D eigenvalue weighted by molar-refractivity contribution is -0.0586.